The summed E-state index contributed by atoms with van der Waals surface area (Å²) in [7, 11) is 0. The fourth-order valence-corrected chi connectivity index (χ4v) is 3.29. The number of rotatable bonds is 6. The quantitative estimate of drug-likeness (QED) is 0.520. The number of benzene rings is 2. The first-order chi connectivity index (χ1) is 15.0. The van der Waals surface area contributed by atoms with Crippen LogP contribution in [0.2, 0.25) is 0 Å². The smallest absolute Gasteiger partial charge is 0.251 e. The molecule has 2 aromatic carbocycles. The fraction of sp³-hybridized carbons (Fsp3) is 0.217. The van der Waals surface area contributed by atoms with E-state index < -0.39 is 0 Å². The number of aromatic nitrogens is 6. The first-order valence-electron chi connectivity index (χ1n) is 10.1. The Bertz CT molecular complexity index is 1190. The molecule has 1 amide bonds. The third kappa shape index (κ3) is 4.48. The molecule has 0 unspecified atom stereocenters. The molecule has 0 saturated heterocycles. The van der Waals surface area contributed by atoms with Gasteiger partial charge >= 0.3 is 0 Å². The molecule has 2 heterocycles. The SMILES string of the molecule is CCc1nnnn1-c1cc(C(=O)N[C@@H](C)c2cnccn2)cc(-c2ccc(C)cc2)c1. The third-order valence-corrected chi connectivity index (χ3v) is 5.03. The molecule has 2 aromatic heterocycles. The zero-order valence-corrected chi connectivity index (χ0v) is 17.6. The molecule has 1 atom stereocenters. The Kier molecular flexibility index (Phi) is 5.79. The second-order valence-electron chi connectivity index (χ2n) is 7.32. The minimum absolute atomic E-state index is 0.209. The second-order valence-corrected chi connectivity index (χ2v) is 7.32. The highest BCUT2D eigenvalue weighted by molar-refractivity contribution is 5.96. The van der Waals surface area contributed by atoms with Crippen LogP contribution in [0.1, 0.15) is 47.3 Å². The molecule has 4 aromatic rings. The number of hydrogen-bond donors (Lipinski definition) is 1. The van der Waals surface area contributed by atoms with Crippen LogP contribution >= 0.6 is 0 Å². The largest absolute Gasteiger partial charge is 0.344 e. The van der Waals surface area contributed by atoms with E-state index in [9.17, 15) is 4.79 Å². The van der Waals surface area contributed by atoms with Crippen molar-refractivity contribution in [2.75, 3.05) is 0 Å². The number of carbonyl (C=O) groups excluding carboxylic acids is 1. The van der Waals surface area contributed by atoms with Crippen molar-refractivity contribution in [2.45, 2.75) is 33.2 Å². The minimum Gasteiger partial charge on any atom is -0.344 e. The van der Waals surface area contributed by atoms with E-state index in [0.29, 0.717) is 17.7 Å². The van der Waals surface area contributed by atoms with Gasteiger partial charge in [-0.2, -0.15) is 4.68 Å². The highest BCUT2D eigenvalue weighted by Gasteiger charge is 2.16. The molecule has 0 spiro atoms. The van der Waals surface area contributed by atoms with Crippen LogP contribution in [0.15, 0.2) is 61.1 Å². The van der Waals surface area contributed by atoms with Crippen molar-refractivity contribution in [1.82, 2.24) is 35.5 Å². The lowest BCUT2D eigenvalue weighted by Gasteiger charge is -2.15. The zero-order chi connectivity index (χ0) is 21.8. The number of nitrogens with zero attached hydrogens (tertiary/aromatic N) is 6. The monoisotopic (exact) mass is 413 g/mol. The van der Waals surface area contributed by atoms with Gasteiger partial charge in [-0.05, 0) is 53.6 Å². The molecule has 0 saturated carbocycles. The highest BCUT2D eigenvalue weighted by atomic mass is 16.1. The van der Waals surface area contributed by atoms with Crippen molar-refractivity contribution >= 4 is 5.91 Å². The van der Waals surface area contributed by atoms with Gasteiger partial charge in [0.2, 0.25) is 0 Å². The van der Waals surface area contributed by atoms with E-state index in [1.807, 2.05) is 57.2 Å². The van der Waals surface area contributed by atoms with E-state index in [-0.39, 0.29) is 11.9 Å². The molecule has 8 nitrogen and oxygen atoms in total. The Labute approximate surface area is 180 Å². The van der Waals surface area contributed by atoms with E-state index >= 15 is 0 Å². The number of amides is 1. The lowest BCUT2D eigenvalue weighted by atomic mass is 10.0. The summed E-state index contributed by atoms with van der Waals surface area (Å²) in [6.07, 6.45) is 5.53. The van der Waals surface area contributed by atoms with E-state index in [1.54, 1.807) is 29.3 Å². The first-order valence-corrected chi connectivity index (χ1v) is 10.1. The van der Waals surface area contributed by atoms with Crippen molar-refractivity contribution in [3.63, 3.8) is 0 Å². The Morgan fingerprint density at radius 1 is 1.10 bits per heavy atom. The summed E-state index contributed by atoms with van der Waals surface area (Å²) in [6, 6.07) is 13.6. The molecule has 0 radical (unpaired) electrons. The lowest BCUT2D eigenvalue weighted by molar-refractivity contribution is 0.0939. The van der Waals surface area contributed by atoms with Gasteiger partial charge in [-0.15, -0.1) is 5.10 Å². The predicted octanol–water partition coefficient (Wildman–Crippen LogP) is 3.48. The van der Waals surface area contributed by atoms with Crippen molar-refractivity contribution in [3.8, 4) is 16.8 Å². The van der Waals surface area contributed by atoms with E-state index in [0.717, 1.165) is 22.6 Å². The summed E-state index contributed by atoms with van der Waals surface area (Å²) >= 11 is 0. The van der Waals surface area contributed by atoms with Crippen LogP contribution in [0.3, 0.4) is 0 Å². The Hall–Kier alpha value is -3.94. The summed E-state index contributed by atoms with van der Waals surface area (Å²) in [5, 5.41) is 15.0. The Balaban J connectivity index is 1.74. The maximum Gasteiger partial charge on any atom is 0.251 e. The molecule has 31 heavy (non-hydrogen) atoms. The van der Waals surface area contributed by atoms with Crippen molar-refractivity contribution in [2.24, 2.45) is 0 Å². The Morgan fingerprint density at radius 2 is 1.90 bits per heavy atom. The molecule has 0 fully saturated rings. The normalized spacial score (nSPS) is 11.8. The van der Waals surface area contributed by atoms with Gasteiger partial charge in [0.25, 0.3) is 5.91 Å². The first kappa shape index (κ1) is 20.3. The highest BCUT2D eigenvalue weighted by Crippen LogP contribution is 2.25. The molecular formula is C23H23N7O. The van der Waals surface area contributed by atoms with Gasteiger partial charge in [-0.3, -0.25) is 14.8 Å². The summed E-state index contributed by atoms with van der Waals surface area (Å²) in [4.78, 5) is 21.5. The van der Waals surface area contributed by atoms with Crippen LogP contribution in [-0.4, -0.2) is 36.1 Å². The van der Waals surface area contributed by atoms with Gasteiger partial charge in [-0.25, -0.2) is 0 Å². The van der Waals surface area contributed by atoms with E-state index in [4.69, 9.17) is 0 Å². The van der Waals surface area contributed by atoms with E-state index in [2.05, 4.69) is 30.8 Å². The van der Waals surface area contributed by atoms with Crippen LogP contribution < -0.4 is 5.32 Å². The van der Waals surface area contributed by atoms with Crippen molar-refractivity contribution < 1.29 is 4.79 Å². The third-order valence-electron chi connectivity index (χ3n) is 5.03. The molecule has 0 bridgehead atoms. The van der Waals surface area contributed by atoms with Gasteiger partial charge in [0.1, 0.15) is 0 Å². The van der Waals surface area contributed by atoms with Gasteiger partial charge < -0.3 is 5.32 Å². The molecule has 1 N–H and O–H groups in total. The summed E-state index contributed by atoms with van der Waals surface area (Å²) in [6.45, 7) is 5.91. The average molecular weight is 413 g/mol. The molecule has 0 aliphatic carbocycles. The van der Waals surface area contributed by atoms with Crippen LogP contribution in [-0.2, 0) is 6.42 Å². The maximum absolute atomic E-state index is 13.1. The molecular weight excluding hydrogens is 390 g/mol. The zero-order valence-electron chi connectivity index (χ0n) is 17.6. The van der Waals surface area contributed by atoms with Gasteiger partial charge in [0.15, 0.2) is 5.82 Å². The van der Waals surface area contributed by atoms with Crippen LogP contribution in [0.4, 0.5) is 0 Å². The number of tetrazole rings is 1. The van der Waals surface area contributed by atoms with Gasteiger partial charge in [0, 0.05) is 24.4 Å². The summed E-state index contributed by atoms with van der Waals surface area (Å²) in [5.41, 5.74) is 5.03. The number of carbonyl (C=O) groups is 1. The van der Waals surface area contributed by atoms with Crippen LogP contribution in [0.25, 0.3) is 16.8 Å². The van der Waals surface area contributed by atoms with Gasteiger partial charge in [-0.1, -0.05) is 36.8 Å². The molecule has 4 rings (SSSR count). The number of hydrogen-bond acceptors (Lipinski definition) is 6. The average Bonchev–Trinajstić information content (AvgIpc) is 3.29. The number of aryl methyl sites for hydroxylation is 2. The summed E-state index contributed by atoms with van der Waals surface area (Å²) < 4.78 is 1.67. The summed E-state index contributed by atoms with van der Waals surface area (Å²) in [5.74, 6) is 0.514. The molecule has 8 heteroatoms. The maximum atomic E-state index is 13.1. The van der Waals surface area contributed by atoms with E-state index in [1.165, 1.54) is 5.56 Å². The second kappa shape index (κ2) is 8.83. The molecule has 0 aliphatic heterocycles. The van der Waals surface area contributed by atoms with Crippen molar-refractivity contribution in [3.05, 3.63) is 83.7 Å². The van der Waals surface area contributed by atoms with Crippen molar-refractivity contribution in [1.29, 1.82) is 0 Å². The Morgan fingerprint density at radius 3 is 2.61 bits per heavy atom. The standard InChI is InChI=1S/C23H23N7O/c1-4-22-27-28-29-30(22)20-12-18(17-7-5-15(2)6-8-17)11-19(13-20)23(31)26-16(3)21-14-24-9-10-25-21/h5-14,16H,4H2,1-3H3,(H,26,31)/t16-/m0/s1. The number of nitrogens with one attached hydrogen (secondary N) is 1. The topological polar surface area (TPSA) is 98.5 Å². The minimum atomic E-state index is -0.285. The fourth-order valence-electron chi connectivity index (χ4n) is 3.29. The van der Waals surface area contributed by atoms with Gasteiger partial charge in [0.05, 0.1) is 23.6 Å². The van der Waals surface area contributed by atoms with Crippen LogP contribution in [0, 0.1) is 6.92 Å². The van der Waals surface area contributed by atoms with Crippen LogP contribution in [0.5, 0.6) is 0 Å². The lowest BCUT2D eigenvalue weighted by Crippen LogP contribution is -2.27. The molecule has 0 aliphatic rings. The molecule has 156 valence electrons. The predicted molar refractivity (Wildman–Crippen MR) is 117 cm³/mol.